The molecule has 0 fully saturated rings. The lowest BCUT2D eigenvalue weighted by Crippen LogP contribution is -3.00. The van der Waals surface area contributed by atoms with Crippen molar-refractivity contribution in [3.05, 3.63) is 37.4 Å². The minimum atomic E-state index is 0. The molecule has 0 aromatic carbocycles. The van der Waals surface area contributed by atoms with Gasteiger partial charge in [-0.3, -0.25) is 0 Å². The lowest BCUT2D eigenvalue weighted by atomic mass is 10.8. The van der Waals surface area contributed by atoms with Gasteiger partial charge in [0.25, 0.3) is 0 Å². The Kier molecular flexibility index (Phi) is 9.24. The van der Waals surface area contributed by atoms with E-state index in [9.17, 15) is 0 Å². The van der Waals surface area contributed by atoms with Gasteiger partial charge in [0.2, 0.25) is 12.7 Å². The standard InChI is InChI=1S/C12H20N4O2.2ClH/c1-13-3-5-15(9-13)11-17-7-8-18-12-16-6-4-14(2)10-16;;/h3-6,9-10H,7-8,11-12H2,1-2H3;2*1H/q+2;;/p-2. The Hall–Kier alpha value is -1.08. The van der Waals surface area contributed by atoms with E-state index in [0.717, 1.165) is 0 Å². The summed E-state index contributed by atoms with van der Waals surface area (Å²) in [6.45, 7) is 2.30. The number of rotatable bonds is 7. The van der Waals surface area contributed by atoms with Crippen LogP contribution in [0.25, 0.3) is 0 Å². The van der Waals surface area contributed by atoms with Crippen LogP contribution in [-0.2, 0) is 37.0 Å². The summed E-state index contributed by atoms with van der Waals surface area (Å²) in [4.78, 5) is 0. The fourth-order valence-corrected chi connectivity index (χ4v) is 1.61. The van der Waals surface area contributed by atoms with Crippen molar-refractivity contribution in [1.82, 2.24) is 9.13 Å². The molecule has 0 saturated carbocycles. The van der Waals surface area contributed by atoms with Gasteiger partial charge in [-0.05, 0) is 0 Å². The molecular formula is C12H20Cl2N4O2. The Labute approximate surface area is 131 Å². The first-order valence-electron chi connectivity index (χ1n) is 5.91. The zero-order chi connectivity index (χ0) is 12.8. The first-order valence-corrected chi connectivity index (χ1v) is 5.91. The minimum absolute atomic E-state index is 0. The van der Waals surface area contributed by atoms with Gasteiger partial charge in [-0.25, -0.2) is 18.3 Å². The largest absolute Gasteiger partial charge is 1.00 e. The third-order valence-corrected chi connectivity index (χ3v) is 2.50. The van der Waals surface area contributed by atoms with Gasteiger partial charge in [0.1, 0.15) is 24.8 Å². The molecule has 2 aromatic heterocycles. The maximum Gasteiger partial charge on any atom is 0.245 e. The van der Waals surface area contributed by atoms with E-state index >= 15 is 0 Å². The van der Waals surface area contributed by atoms with Crippen LogP contribution in [0.15, 0.2) is 37.4 Å². The third-order valence-electron chi connectivity index (χ3n) is 2.50. The van der Waals surface area contributed by atoms with Crippen molar-refractivity contribution in [2.75, 3.05) is 13.2 Å². The molecule has 2 rings (SSSR count). The summed E-state index contributed by atoms with van der Waals surface area (Å²) in [6.07, 6.45) is 11.8. The maximum absolute atomic E-state index is 5.49. The second-order valence-electron chi connectivity index (χ2n) is 4.26. The monoisotopic (exact) mass is 322 g/mol. The lowest BCUT2D eigenvalue weighted by molar-refractivity contribution is -0.671. The summed E-state index contributed by atoms with van der Waals surface area (Å²) in [7, 11) is 3.97. The highest BCUT2D eigenvalue weighted by Crippen LogP contribution is 1.89. The van der Waals surface area contributed by atoms with E-state index in [0.29, 0.717) is 26.7 Å². The fourth-order valence-electron chi connectivity index (χ4n) is 1.61. The molecule has 0 saturated heterocycles. The topological polar surface area (TPSA) is 36.1 Å². The first kappa shape index (κ1) is 18.9. The van der Waals surface area contributed by atoms with Crippen LogP contribution in [0.1, 0.15) is 0 Å². The van der Waals surface area contributed by atoms with Gasteiger partial charge in [0.15, 0.2) is 13.5 Å². The first-order chi connectivity index (χ1) is 8.74. The van der Waals surface area contributed by atoms with Crippen LogP contribution >= 0.6 is 0 Å². The number of hydrogen-bond acceptors (Lipinski definition) is 2. The number of aryl methyl sites for hydroxylation is 2. The van der Waals surface area contributed by atoms with Crippen LogP contribution < -0.4 is 33.9 Å². The second-order valence-corrected chi connectivity index (χ2v) is 4.26. The van der Waals surface area contributed by atoms with E-state index in [1.165, 1.54) is 0 Å². The average molecular weight is 323 g/mol. The van der Waals surface area contributed by atoms with Gasteiger partial charge in [0, 0.05) is 0 Å². The van der Waals surface area contributed by atoms with Gasteiger partial charge in [-0.2, -0.15) is 0 Å². The molecule has 0 bridgehead atoms. The molecule has 0 unspecified atom stereocenters. The van der Waals surface area contributed by atoms with Crippen molar-refractivity contribution in [3.63, 3.8) is 0 Å². The number of halogens is 2. The van der Waals surface area contributed by atoms with E-state index < -0.39 is 0 Å². The lowest BCUT2D eigenvalue weighted by Gasteiger charge is -2.02. The van der Waals surface area contributed by atoms with E-state index in [1.54, 1.807) is 0 Å². The predicted octanol–water partition coefficient (Wildman–Crippen LogP) is -6.41. The van der Waals surface area contributed by atoms with Crippen LogP contribution in [0.4, 0.5) is 0 Å². The van der Waals surface area contributed by atoms with Crippen molar-refractivity contribution < 1.29 is 43.4 Å². The molecule has 2 heterocycles. The van der Waals surface area contributed by atoms with Crippen LogP contribution in [0.2, 0.25) is 0 Å². The summed E-state index contributed by atoms with van der Waals surface area (Å²) >= 11 is 0. The maximum atomic E-state index is 5.49. The molecule has 0 aliphatic heterocycles. The van der Waals surface area contributed by atoms with Gasteiger partial charge in [0.05, 0.1) is 27.3 Å². The molecule has 0 aliphatic rings. The van der Waals surface area contributed by atoms with Crippen molar-refractivity contribution in [3.8, 4) is 0 Å². The number of imidazole rings is 2. The molecule has 114 valence electrons. The highest BCUT2D eigenvalue weighted by atomic mass is 35.5. The third kappa shape index (κ3) is 6.38. The van der Waals surface area contributed by atoms with Crippen LogP contribution in [-0.4, -0.2) is 22.3 Å². The Morgan fingerprint density at radius 3 is 1.50 bits per heavy atom. The van der Waals surface area contributed by atoms with Gasteiger partial charge in [-0.1, -0.05) is 0 Å². The number of ether oxygens (including phenoxy) is 2. The molecule has 0 radical (unpaired) electrons. The molecule has 0 spiro atoms. The summed E-state index contributed by atoms with van der Waals surface area (Å²) < 4.78 is 18.9. The highest BCUT2D eigenvalue weighted by Gasteiger charge is 2.01. The molecule has 0 amide bonds. The average Bonchev–Trinajstić information content (AvgIpc) is 2.93. The Balaban J connectivity index is 0.00000180. The van der Waals surface area contributed by atoms with Gasteiger partial charge < -0.3 is 34.3 Å². The predicted molar refractivity (Wildman–Crippen MR) is 63.1 cm³/mol. The molecule has 20 heavy (non-hydrogen) atoms. The van der Waals surface area contributed by atoms with Crippen molar-refractivity contribution in [1.29, 1.82) is 0 Å². The minimum Gasteiger partial charge on any atom is -1.00 e. The van der Waals surface area contributed by atoms with E-state index in [4.69, 9.17) is 9.47 Å². The number of nitrogens with zero attached hydrogens (tertiary/aromatic N) is 4. The van der Waals surface area contributed by atoms with Crippen LogP contribution in [0, 0.1) is 0 Å². The Bertz CT molecular complexity index is 443. The summed E-state index contributed by atoms with van der Waals surface area (Å²) in [5.41, 5.74) is 0. The van der Waals surface area contributed by atoms with E-state index in [2.05, 4.69) is 0 Å². The van der Waals surface area contributed by atoms with E-state index in [1.807, 2.05) is 69.8 Å². The summed E-state index contributed by atoms with van der Waals surface area (Å²) in [6, 6.07) is 0. The Morgan fingerprint density at radius 1 is 0.800 bits per heavy atom. The van der Waals surface area contributed by atoms with Crippen molar-refractivity contribution >= 4 is 0 Å². The molecule has 0 atom stereocenters. The smallest absolute Gasteiger partial charge is 0.245 e. The number of aromatic nitrogens is 4. The zero-order valence-electron chi connectivity index (χ0n) is 11.7. The quantitative estimate of drug-likeness (QED) is 0.375. The second kappa shape index (κ2) is 9.77. The molecule has 6 nitrogen and oxygen atoms in total. The normalized spacial score (nSPS) is 9.90. The van der Waals surface area contributed by atoms with Crippen molar-refractivity contribution in [2.24, 2.45) is 14.1 Å². The molecule has 0 N–H and O–H groups in total. The zero-order valence-corrected chi connectivity index (χ0v) is 13.2. The van der Waals surface area contributed by atoms with Gasteiger partial charge >= 0.3 is 0 Å². The summed E-state index contributed by atoms with van der Waals surface area (Å²) in [5, 5.41) is 0. The number of hydrogen-bond donors (Lipinski definition) is 0. The molecule has 2 aromatic rings. The fraction of sp³-hybridized carbons (Fsp3) is 0.500. The molecule has 8 heteroatoms. The Morgan fingerprint density at radius 2 is 1.20 bits per heavy atom. The van der Waals surface area contributed by atoms with Gasteiger partial charge in [-0.15, -0.1) is 0 Å². The molecule has 0 aliphatic carbocycles. The van der Waals surface area contributed by atoms with E-state index in [-0.39, 0.29) is 24.8 Å². The highest BCUT2D eigenvalue weighted by molar-refractivity contribution is 4.63. The van der Waals surface area contributed by atoms with Crippen LogP contribution in [0.3, 0.4) is 0 Å². The SMILES string of the molecule is C[n+]1ccn(COCCOCn2cc[n+](C)c2)c1.[Cl-].[Cl-]. The van der Waals surface area contributed by atoms with Crippen molar-refractivity contribution in [2.45, 2.75) is 13.5 Å². The summed E-state index contributed by atoms with van der Waals surface area (Å²) in [5.74, 6) is 0. The molecular weight excluding hydrogens is 303 g/mol. The van der Waals surface area contributed by atoms with Crippen LogP contribution in [0.5, 0.6) is 0 Å².